The van der Waals surface area contributed by atoms with Crippen LogP contribution in [0.2, 0.25) is 0 Å². The van der Waals surface area contributed by atoms with E-state index < -0.39 is 0 Å². The fourth-order valence-electron chi connectivity index (χ4n) is 2.25. The van der Waals surface area contributed by atoms with Crippen molar-refractivity contribution in [2.75, 3.05) is 46.9 Å². The third-order valence-electron chi connectivity index (χ3n) is 3.75. The quantitative estimate of drug-likeness (QED) is 0.349. The van der Waals surface area contributed by atoms with E-state index in [9.17, 15) is 4.79 Å². The van der Waals surface area contributed by atoms with Crippen molar-refractivity contribution in [1.29, 1.82) is 0 Å². The molecule has 0 radical (unpaired) electrons. The monoisotopic (exact) mass is 481 g/mol. The first-order chi connectivity index (χ1) is 11.5. The second-order valence-electron chi connectivity index (χ2n) is 6.10. The Hall–Kier alpha value is -0.940. The maximum atomic E-state index is 11.7. The molecule has 7 nitrogen and oxygen atoms in total. The zero-order valence-electron chi connectivity index (χ0n) is 15.1. The molecule has 142 valence electrons. The van der Waals surface area contributed by atoms with Gasteiger partial charge >= 0.3 is 0 Å². The van der Waals surface area contributed by atoms with Crippen LogP contribution in [0.1, 0.15) is 16.3 Å². The minimum Gasteiger partial charge on any atom is -0.381 e. The molecule has 0 aliphatic carbocycles. The van der Waals surface area contributed by atoms with Gasteiger partial charge in [0.15, 0.2) is 5.96 Å². The lowest BCUT2D eigenvalue weighted by atomic mass is 10.1. The van der Waals surface area contributed by atoms with Crippen molar-refractivity contribution in [2.24, 2.45) is 10.9 Å². The topological polar surface area (TPSA) is 78.9 Å². The summed E-state index contributed by atoms with van der Waals surface area (Å²) in [7, 11) is 3.47. The van der Waals surface area contributed by atoms with Crippen LogP contribution in [0.5, 0.6) is 0 Å². The van der Waals surface area contributed by atoms with Crippen molar-refractivity contribution < 1.29 is 9.53 Å². The van der Waals surface area contributed by atoms with Crippen molar-refractivity contribution >= 4 is 47.2 Å². The maximum absolute atomic E-state index is 11.7. The second kappa shape index (κ2) is 11.6. The molecule has 1 atom stereocenters. The zero-order valence-corrected chi connectivity index (χ0v) is 18.2. The minimum atomic E-state index is -0.0177. The number of hydrogen-bond donors (Lipinski definition) is 2. The smallest absolute Gasteiger partial charge is 0.243 e. The SMILES string of the molecule is Cc1cnc(CCNC(=NCC(=O)N(C)C)NCC2CCOC2)s1.I. The van der Waals surface area contributed by atoms with Gasteiger partial charge in [0.05, 0.1) is 11.6 Å². The van der Waals surface area contributed by atoms with Crippen molar-refractivity contribution in [2.45, 2.75) is 19.8 Å². The van der Waals surface area contributed by atoms with Gasteiger partial charge in [-0.25, -0.2) is 9.98 Å². The van der Waals surface area contributed by atoms with E-state index in [0.29, 0.717) is 11.9 Å². The summed E-state index contributed by atoms with van der Waals surface area (Å²) in [4.78, 5) is 23.3. The van der Waals surface area contributed by atoms with E-state index >= 15 is 0 Å². The van der Waals surface area contributed by atoms with Crippen LogP contribution in [0.3, 0.4) is 0 Å². The first kappa shape index (κ1) is 22.1. The van der Waals surface area contributed by atoms with Gasteiger partial charge in [0.2, 0.25) is 5.91 Å². The number of nitrogens with one attached hydrogen (secondary N) is 2. The Labute approximate surface area is 170 Å². The van der Waals surface area contributed by atoms with E-state index in [4.69, 9.17) is 4.74 Å². The molecule has 9 heteroatoms. The molecule has 0 saturated carbocycles. The highest BCUT2D eigenvalue weighted by atomic mass is 127. The first-order valence-corrected chi connectivity index (χ1v) is 9.07. The molecule has 1 aliphatic heterocycles. The molecule has 1 aliphatic rings. The fraction of sp³-hybridized carbons (Fsp3) is 0.688. The van der Waals surface area contributed by atoms with Gasteiger partial charge in [0.25, 0.3) is 0 Å². The maximum Gasteiger partial charge on any atom is 0.243 e. The number of thiazole rings is 1. The van der Waals surface area contributed by atoms with Crippen LogP contribution < -0.4 is 10.6 Å². The Morgan fingerprint density at radius 3 is 2.88 bits per heavy atom. The molecular formula is C16H28IN5O2S. The zero-order chi connectivity index (χ0) is 17.4. The molecule has 1 fully saturated rings. The first-order valence-electron chi connectivity index (χ1n) is 8.26. The summed E-state index contributed by atoms with van der Waals surface area (Å²) in [5.74, 6) is 1.16. The number of aromatic nitrogens is 1. The van der Waals surface area contributed by atoms with Gasteiger partial charge in [0.1, 0.15) is 6.54 Å². The van der Waals surface area contributed by atoms with Crippen LogP contribution in [0.25, 0.3) is 0 Å². The molecule has 0 spiro atoms. The summed E-state index contributed by atoms with van der Waals surface area (Å²) in [6.07, 6.45) is 3.80. The molecule has 1 aromatic heterocycles. The van der Waals surface area contributed by atoms with E-state index in [1.807, 2.05) is 6.20 Å². The predicted octanol–water partition coefficient (Wildman–Crippen LogP) is 1.27. The van der Waals surface area contributed by atoms with Crippen molar-refractivity contribution in [1.82, 2.24) is 20.5 Å². The normalized spacial score (nSPS) is 17.1. The molecule has 1 unspecified atom stereocenters. The lowest BCUT2D eigenvalue weighted by Gasteiger charge is -2.15. The van der Waals surface area contributed by atoms with E-state index in [0.717, 1.165) is 44.2 Å². The Balaban J connectivity index is 0.00000312. The molecule has 2 heterocycles. The molecule has 1 amide bonds. The number of ether oxygens (including phenoxy) is 1. The number of rotatable bonds is 7. The van der Waals surface area contributed by atoms with Gasteiger partial charge in [-0.1, -0.05) is 0 Å². The molecule has 25 heavy (non-hydrogen) atoms. The number of aryl methyl sites for hydroxylation is 1. The van der Waals surface area contributed by atoms with Crippen molar-refractivity contribution in [3.05, 3.63) is 16.1 Å². The van der Waals surface area contributed by atoms with E-state index in [1.54, 1.807) is 30.3 Å². The van der Waals surface area contributed by atoms with Crippen molar-refractivity contribution in [3.63, 3.8) is 0 Å². The number of carbonyl (C=O) groups is 1. The summed E-state index contributed by atoms with van der Waals surface area (Å²) in [6, 6.07) is 0. The molecule has 0 aromatic carbocycles. The van der Waals surface area contributed by atoms with E-state index in [1.165, 1.54) is 4.88 Å². The lowest BCUT2D eigenvalue weighted by Crippen LogP contribution is -2.41. The largest absolute Gasteiger partial charge is 0.381 e. The average Bonchev–Trinajstić information content (AvgIpc) is 3.20. The van der Waals surface area contributed by atoms with Crippen LogP contribution in [0.4, 0.5) is 0 Å². The number of nitrogens with zero attached hydrogens (tertiary/aromatic N) is 3. The Morgan fingerprint density at radius 1 is 1.48 bits per heavy atom. The average molecular weight is 481 g/mol. The number of amides is 1. The number of hydrogen-bond acceptors (Lipinski definition) is 5. The molecule has 0 bridgehead atoms. The summed E-state index contributed by atoms with van der Waals surface area (Å²) in [5.41, 5.74) is 0. The Kier molecular flexibility index (Phi) is 10.3. The van der Waals surface area contributed by atoms with E-state index in [-0.39, 0.29) is 36.4 Å². The highest BCUT2D eigenvalue weighted by Crippen LogP contribution is 2.11. The van der Waals surface area contributed by atoms with Gasteiger partial charge < -0.3 is 20.3 Å². The second-order valence-corrected chi connectivity index (χ2v) is 7.42. The highest BCUT2D eigenvalue weighted by Gasteiger charge is 2.16. The molecule has 2 rings (SSSR count). The van der Waals surface area contributed by atoms with Crippen LogP contribution in [0, 0.1) is 12.8 Å². The molecule has 2 N–H and O–H groups in total. The molecular weight excluding hydrogens is 453 g/mol. The third kappa shape index (κ3) is 8.32. The highest BCUT2D eigenvalue weighted by molar-refractivity contribution is 14.0. The Bertz CT molecular complexity index is 558. The number of guanidine groups is 1. The van der Waals surface area contributed by atoms with Crippen LogP contribution in [-0.2, 0) is 16.0 Å². The van der Waals surface area contributed by atoms with E-state index in [2.05, 4.69) is 27.5 Å². The standard InChI is InChI=1S/C16H27N5O2S.HI/c1-12-8-18-14(24-12)4-6-17-16(20-10-15(22)21(2)3)19-9-13-5-7-23-11-13;/h8,13H,4-7,9-11H2,1-3H3,(H2,17,19,20);1H. The number of carbonyl (C=O) groups excluding carboxylic acids is 1. The van der Waals surface area contributed by atoms with Gasteiger partial charge in [0, 0.05) is 57.2 Å². The summed E-state index contributed by atoms with van der Waals surface area (Å²) >= 11 is 1.71. The fourth-order valence-corrected chi connectivity index (χ4v) is 3.04. The van der Waals surface area contributed by atoms with Gasteiger partial charge in [-0.3, -0.25) is 4.79 Å². The number of aliphatic imine (C=N–C) groups is 1. The molecule has 1 saturated heterocycles. The van der Waals surface area contributed by atoms with Crippen molar-refractivity contribution in [3.8, 4) is 0 Å². The van der Waals surface area contributed by atoms with Gasteiger partial charge in [-0.15, -0.1) is 35.3 Å². The lowest BCUT2D eigenvalue weighted by molar-refractivity contribution is -0.127. The summed E-state index contributed by atoms with van der Waals surface area (Å²) in [5, 5.41) is 7.71. The van der Waals surface area contributed by atoms with Crippen LogP contribution in [-0.4, -0.2) is 68.7 Å². The summed E-state index contributed by atoms with van der Waals surface area (Å²) in [6.45, 7) is 5.35. The Morgan fingerprint density at radius 2 is 2.28 bits per heavy atom. The third-order valence-corrected chi connectivity index (χ3v) is 4.73. The van der Waals surface area contributed by atoms with Gasteiger partial charge in [-0.05, 0) is 13.3 Å². The minimum absolute atomic E-state index is 0. The molecule has 1 aromatic rings. The van der Waals surface area contributed by atoms with Crippen LogP contribution in [0.15, 0.2) is 11.2 Å². The number of halogens is 1. The summed E-state index contributed by atoms with van der Waals surface area (Å²) < 4.78 is 5.39. The predicted molar refractivity (Wildman–Crippen MR) is 112 cm³/mol. The van der Waals surface area contributed by atoms with Crippen LogP contribution >= 0.6 is 35.3 Å². The van der Waals surface area contributed by atoms with Gasteiger partial charge in [-0.2, -0.15) is 0 Å². The number of likely N-dealkylation sites (N-methyl/N-ethyl adjacent to an activating group) is 1.